The van der Waals surface area contributed by atoms with Gasteiger partial charge in [0.25, 0.3) is 0 Å². The fourth-order valence-electron chi connectivity index (χ4n) is 3.43. The third-order valence-corrected chi connectivity index (χ3v) is 7.31. The second kappa shape index (κ2) is 9.27. The molecule has 0 atom stereocenters. The second-order valence-corrected chi connectivity index (χ2v) is 9.56. The number of carbonyl (C=O) groups is 1. The Kier molecular flexibility index (Phi) is 6.99. The minimum absolute atomic E-state index is 0.189. The number of nitrogens with zero attached hydrogens (tertiary/aromatic N) is 1. The number of halogens is 2. The monoisotopic (exact) mass is 440 g/mol. The molecule has 5 nitrogen and oxygen atoms in total. The van der Waals surface area contributed by atoms with Crippen LogP contribution in [0, 0.1) is 0 Å². The average Bonchev–Trinajstić information content (AvgIpc) is 2.70. The standard InChI is InChI=1S/C20H22Cl2N2O3S/c21-15-11-12-18(22)19(13-15)23-20(25)14-24(16-7-3-1-4-8-16)28(26,27)17-9-5-2-6-10-17/h2,5-6,9-13,16H,1,3-4,7-8,14H2,(H,23,25). The molecule has 0 spiro atoms. The highest BCUT2D eigenvalue weighted by atomic mass is 35.5. The van der Waals surface area contributed by atoms with Crippen LogP contribution in [-0.4, -0.2) is 31.2 Å². The first kappa shape index (κ1) is 21.1. The smallest absolute Gasteiger partial charge is 0.243 e. The molecule has 0 radical (unpaired) electrons. The Morgan fingerprint density at radius 2 is 1.71 bits per heavy atom. The SMILES string of the molecule is O=C(CN(C1CCCCC1)S(=O)(=O)c1ccccc1)Nc1cc(Cl)ccc1Cl. The van der Waals surface area contributed by atoms with Gasteiger partial charge in [-0.2, -0.15) is 4.31 Å². The van der Waals surface area contributed by atoms with E-state index < -0.39 is 15.9 Å². The number of rotatable bonds is 6. The van der Waals surface area contributed by atoms with Gasteiger partial charge in [-0.15, -0.1) is 0 Å². The third kappa shape index (κ3) is 5.06. The van der Waals surface area contributed by atoms with Crippen LogP contribution in [0.2, 0.25) is 10.0 Å². The molecule has 0 saturated heterocycles. The normalized spacial score (nSPS) is 15.5. The summed E-state index contributed by atoms with van der Waals surface area (Å²) in [4.78, 5) is 12.9. The number of hydrogen-bond donors (Lipinski definition) is 1. The van der Waals surface area contributed by atoms with E-state index in [4.69, 9.17) is 23.2 Å². The maximum absolute atomic E-state index is 13.2. The van der Waals surface area contributed by atoms with Crippen LogP contribution in [0.3, 0.4) is 0 Å². The number of hydrogen-bond acceptors (Lipinski definition) is 3. The molecule has 1 fully saturated rings. The Balaban J connectivity index is 1.85. The molecule has 2 aromatic carbocycles. The number of benzene rings is 2. The summed E-state index contributed by atoms with van der Waals surface area (Å²) >= 11 is 12.1. The molecule has 3 rings (SSSR count). The zero-order valence-corrected chi connectivity index (χ0v) is 17.6. The van der Waals surface area contributed by atoms with E-state index in [9.17, 15) is 13.2 Å². The molecule has 150 valence electrons. The zero-order chi connectivity index (χ0) is 20.1. The number of sulfonamides is 1. The van der Waals surface area contributed by atoms with Crippen molar-refractivity contribution in [3.05, 3.63) is 58.6 Å². The summed E-state index contributed by atoms with van der Waals surface area (Å²) in [7, 11) is -3.79. The maximum Gasteiger partial charge on any atom is 0.243 e. The Hall–Kier alpha value is -1.60. The number of anilines is 1. The van der Waals surface area contributed by atoms with Crippen LogP contribution in [0.4, 0.5) is 5.69 Å². The van der Waals surface area contributed by atoms with Crippen LogP contribution >= 0.6 is 23.2 Å². The lowest BCUT2D eigenvalue weighted by atomic mass is 9.95. The van der Waals surface area contributed by atoms with Gasteiger partial charge in [0.05, 0.1) is 22.2 Å². The summed E-state index contributed by atoms with van der Waals surface area (Å²) < 4.78 is 27.8. The van der Waals surface area contributed by atoms with Gasteiger partial charge in [-0.25, -0.2) is 8.42 Å². The van der Waals surface area contributed by atoms with E-state index in [2.05, 4.69) is 5.32 Å². The van der Waals surface area contributed by atoms with Crippen LogP contribution in [0.1, 0.15) is 32.1 Å². The van der Waals surface area contributed by atoms with Gasteiger partial charge in [0.1, 0.15) is 0 Å². The first-order chi connectivity index (χ1) is 13.4. The van der Waals surface area contributed by atoms with Crippen molar-refractivity contribution in [3.8, 4) is 0 Å². The molecule has 0 bridgehead atoms. The Morgan fingerprint density at radius 3 is 2.39 bits per heavy atom. The van der Waals surface area contributed by atoms with Gasteiger partial charge >= 0.3 is 0 Å². The van der Waals surface area contributed by atoms with E-state index in [1.54, 1.807) is 48.5 Å². The molecule has 1 aliphatic rings. The second-order valence-electron chi connectivity index (χ2n) is 6.83. The van der Waals surface area contributed by atoms with Crippen molar-refractivity contribution in [2.75, 3.05) is 11.9 Å². The summed E-state index contributed by atoms with van der Waals surface area (Å²) in [5.41, 5.74) is 0.361. The van der Waals surface area contributed by atoms with Crippen LogP contribution < -0.4 is 5.32 Å². The van der Waals surface area contributed by atoms with Crippen LogP contribution in [0.25, 0.3) is 0 Å². The Labute approximate surface area is 175 Å². The lowest BCUT2D eigenvalue weighted by molar-refractivity contribution is -0.116. The molecule has 0 aromatic heterocycles. The van der Waals surface area contributed by atoms with Gasteiger partial charge in [-0.3, -0.25) is 4.79 Å². The van der Waals surface area contributed by atoms with E-state index in [0.717, 1.165) is 32.1 Å². The van der Waals surface area contributed by atoms with Crippen LogP contribution in [0.15, 0.2) is 53.4 Å². The molecular formula is C20H22Cl2N2O3S. The van der Waals surface area contributed by atoms with Crippen molar-refractivity contribution in [3.63, 3.8) is 0 Å². The molecule has 2 aromatic rings. The van der Waals surface area contributed by atoms with E-state index in [1.807, 2.05) is 0 Å². The van der Waals surface area contributed by atoms with Gasteiger partial charge in [0, 0.05) is 11.1 Å². The molecular weight excluding hydrogens is 419 g/mol. The predicted octanol–water partition coefficient (Wildman–Crippen LogP) is 4.96. The molecule has 0 unspecified atom stereocenters. The van der Waals surface area contributed by atoms with Crippen molar-refractivity contribution in [2.45, 2.75) is 43.0 Å². The molecule has 1 saturated carbocycles. The third-order valence-electron chi connectivity index (χ3n) is 4.83. The minimum Gasteiger partial charge on any atom is -0.324 e. The van der Waals surface area contributed by atoms with Crippen molar-refractivity contribution >= 4 is 44.8 Å². The summed E-state index contributed by atoms with van der Waals surface area (Å²) in [5, 5.41) is 3.45. The first-order valence-corrected chi connectivity index (χ1v) is 11.4. The Bertz CT molecular complexity index is 930. The largest absolute Gasteiger partial charge is 0.324 e. The number of nitrogens with one attached hydrogen (secondary N) is 1. The first-order valence-electron chi connectivity index (χ1n) is 9.20. The Morgan fingerprint density at radius 1 is 1.04 bits per heavy atom. The van der Waals surface area contributed by atoms with E-state index in [-0.39, 0.29) is 17.5 Å². The van der Waals surface area contributed by atoms with E-state index in [0.29, 0.717) is 15.7 Å². The number of amides is 1. The van der Waals surface area contributed by atoms with Gasteiger partial charge in [0.2, 0.25) is 15.9 Å². The van der Waals surface area contributed by atoms with Gasteiger partial charge in [-0.05, 0) is 43.2 Å². The molecule has 1 amide bonds. The van der Waals surface area contributed by atoms with Crippen LogP contribution in [-0.2, 0) is 14.8 Å². The lowest BCUT2D eigenvalue weighted by Crippen LogP contribution is -2.45. The molecule has 28 heavy (non-hydrogen) atoms. The van der Waals surface area contributed by atoms with Gasteiger partial charge in [-0.1, -0.05) is 60.7 Å². The average molecular weight is 441 g/mol. The highest BCUT2D eigenvalue weighted by molar-refractivity contribution is 7.89. The topological polar surface area (TPSA) is 66.5 Å². The fraction of sp³-hybridized carbons (Fsp3) is 0.350. The lowest BCUT2D eigenvalue weighted by Gasteiger charge is -2.33. The highest BCUT2D eigenvalue weighted by Crippen LogP contribution is 2.29. The molecule has 0 heterocycles. The molecule has 8 heteroatoms. The minimum atomic E-state index is -3.79. The van der Waals surface area contributed by atoms with Crippen molar-refractivity contribution in [1.29, 1.82) is 0 Å². The summed E-state index contributed by atoms with van der Waals surface area (Å²) in [6.45, 7) is -0.273. The summed E-state index contributed by atoms with van der Waals surface area (Å²) in [6.07, 6.45) is 4.48. The van der Waals surface area contributed by atoms with Gasteiger partial charge in [0.15, 0.2) is 0 Å². The highest BCUT2D eigenvalue weighted by Gasteiger charge is 2.34. The molecule has 0 aliphatic heterocycles. The van der Waals surface area contributed by atoms with Crippen molar-refractivity contribution in [2.24, 2.45) is 0 Å². The molecule has 1 aliphatic carbocycles. The zero-order valence-electron chi connectivity index (χ0n) is 15.3. The van der Waals surface area contributed by atoms with Crippen molar-refractivity contribution in [1.82, 2.24) is 4.31 Å². The van der Waals surface area contributed by atoms with Gasteiger partial charge < -0.3 is 5.32 Å². The summed E-state index contributed by atoms with van der Waals surface area (Å²) in [6, 6.07) is 12.8. The fourth-order valence-corrected chi connectivity index (χ4v) is 5.43. The van der Waals surface area contributed by atoms with E-state index >= 15 is 0 Å². The quantitative estimate of drug-likeness (QED) is 0.690. The van der Waals surface area contributed by atoms with Crippen LogP contribution in [0.5, 0.6) is 0 Å². The van der Waals surface area contributed by atoms with Crippen molar-refractivity contribution < 1.29 is 13.2 Å². The summed E-state index contributed by atoms with van der Waals surface area (Å²) in [5.74, 6) is -0.450. The predicted molar refractivity (Wildman–Crippen MR) is 112 cm³/mol. The van der Waals surface area contributed by atoms with E-state index in [1.165, 1.54) is 4.31 Å². The number of carbonyl (C=O) groups excluding carboxylic acids is 1. The molecule has 1 N–H and O–H groups in total. The maximum atomic E-state index is 13.2.